The largest absolute Gasteiger partial charge is 0.489 e. The van der Waals surface area contributed by atoms with Gasteiger partial charge in [0.2, 0.25) is 0 Å². The van der Waals surface area contributed by atoms with Crippen LogP contribution >= 0.6 is 0 Å². The van der Waals surface area contributed by atoms with Crippen LogP contribution < -0.4 is 15.0 Å². The number of pyridine rings is 1. The lowest BCUT2D eigenvalue weighted by molar-refractivity contribution is -0.120. The van der Waals surface area contributed by atoms with Gasteiger partial charge in [-0.15, -0.1) is 0 Å². The molecule has 1 aliphatic rings. The number of benzene rings is 1. The van der Waals surface area contributed by atoms with Crippen LogP contribution in [0.5, 0.6) is 5.75 Å². The number of nitrogens with zero attached hydrogens (tertiary/aromatic N) is 4. The van der Waals surface area contributed by atoms with Gasteiger partial charge in [0.25, 0.3) is 5.91 Å². The first-order valence-electron chi connectivity index (χ1n) is 8.94. The van der Waals surface area contributed by atoms with Crippen molar-refractivity contribution in [1.82, 2.24) is 20.1 Å². The number of likely N-dealkylation sites (N-methyl/N-ethyl adjacent to an activating group) is 1. The Morgan fingerprint density at radius 2 is 2.17 bits per heavy atom. The number of anilines is 1. The molecule has 148 valence electrons. The molecule has 9 heteroatoms. The highest BCUT2D eigenvalue weighted by Crippen LogP contribution is 2.28. The molecule has 3 heterocycles. The lowest BCUT2D eigenvalue weighted by atomic mass is 10.1. The van der Waals surface area contributed by atoms with Crippen LogP contribution in [0.15, 0.2) is 55.1 Å². The number of ether oxygens (including phenoxy) is 1. The summed E-state index contributed by atoms with van der Waals surface area (Å²) < 4.78 is 20.1. The molecule has 2 aromatic heterocycles. The van der Waals surface area contributed by atoms with Gasteiger partial charge in [0.1, 0.15) is 29.9 Å². The summed E-state index contributed by atoms with van der Waals surface area (Å²) in [5.74, 6) is -0.124. The number of hydrogen-bond acceptors (Lipinski definition) is 5. The SMILES string of the molecule is CN1C(=O)[C@@H](NC(=O)n2cc(Cc3cccc(F)c3)cn2)COc2ccncc21. The standard InChI is InChI=1S/C20H18FN5O3/c1-25-17-10-22-6-5-18(17)29-12-16(19(25)27)24-20(28)26-11-14(9-23-26)7-13-3-2-4-15(21)8-13/h2-6,8-11,16H,7,12H2,1H3,(H,24,28)/t16-/m0/s1. The van der Waals surface area contributed by atoms with Crippen molar-refractivity contribution in [2.75, 3.05) is 18.6 Å². The Bertz CT molecular complexity index is 1070. The molecule has 0 saturated heterocycles. The number of hydrogen-bond donors (Lipinski definition) is 1. The van der Waals surface area contributed by atoms with Gasteiger partial charge in [-0.3, -0.25) is 9.78 Å². The maximum Gasteiger partial charge on any atom is 0.342 e. The molecule has 1 aliphatic heterocycles. The Morgan fingerprint density at radius 3 is 3.00 bits per heavy atom. The monoisotopic (exact) mass is 395 g/mol. The first-order valence-corrected chi connectivity index (χ1v) is 8.94. The van der Waals surface area contributed by atoms with E-state index in [1.54, 1.807) is 37.6 Å². The number of carbonyl (C=O) groups is 2. The van der Waals surface area contributed by atoms with Crippen molar-refractivity contribution in [3.63, 3.8) is 0 Å². The van der Waals surface area contributed by atoms with Gasteiger partial charge in [-0.1, -0.05) is 12.1 Å². The van der Waals surface area contributed by atoms with Gasteiger partial charge < -0.3 is 15.0 Å². The van der Waals surface area contributed by atoms with E-state index in [0.717, 1.165) is 15.8 Å². The minimum Gasteiger partial charge on any atom is -0.489 e. The van der Waals surface area contributed by atoms with Gasteiger partial charge >= 0.3 is 6.03 Å². The number of halogens is 1. The number of rotatable bonds is 3. The summed E-state index contributed by atoms with van der Waals surface area (Å²) in [5.41, 5.74) is 2.04. The molecule has 0 spiro atoms. The zero-order valence-corrected chi connectivity index (χ0v) is 15.6. The highest BCUT2D eigenvalue weighted by atomic mass is 19.1. The van der Waals surface area contributed by atoms with E-state index in [9.17, 15) is 14.0 Å². The average Bonchev–Trinajstić information content (AvgIpc) is 3.14. The highest BCUT2D eigenvalue weighted by Gasteiger charge is 2.31. The molecular weight excluding hydrogens is 377 g/mol. The first-order chi connectivity index (χ1) is 14.0. The summed E-state index contributed by atoms with van der Waals surface area (Å²) >= 11 is 0. The van der Waals surface area contributed by atoms with Crippen molar-refractivity contribution in [3.05, 3.63) is 72.1 Å². The molecule has 3 aromatic rings. The van der Waals surface area contributed by atoms with Crippen molar-refractivity contribution < 1.29 is 18.7 Å². The molecule has 0 radical (unpaired) electrons. The summed E-state index contributed by atoms with van der Waals surface area (Å²) in [6.45, 7) is -0.0106. The maximum atomic E-state index is 13.3. The molecule has 8 nitrogen and oxygen atoms in total. The minimum atomic E-state index is -0.879. The second kappa shape index (κ2) is 7.70. The van der Waals surface area contributed by atoms with Crippen molar-refractivity contribution in [2.45, 2.75) is 12.5 Å². The number of carbonyl (C=O) groups excluding carboxylic acids is 2. The van der Waals surface area contributed by atoms with Gasteiger partial charge in [-0.2, -0.15) is 9.78 Å². The van der Waals surface area contributed by atoms with E-state index >= 15 is 0 Å². The van der Waals surface area contributed by atoms with Gasteiger partial charge in [-0.25, -0.2) is 9.18 Å². The van der Waals surface area contributed by atoms with Crippen LogP contribution in [0.2, 0.25) is 0 Å². The highest BCUT2D eigenvalue weighted by molar-refractivity contribution is 6.00. The van der Waals surface area contributed by atoms with Crippen LogP contribution in [0.1, 0.15) is 11.1 Å². The Balaban J connectivity index is 1.44. The third-order valence-electron chi connectivity index (χ3n) is 4.60. The predicted octanol–water partition coefficient (Wildman–Crippen LogP) is 1.99. The summed E-state index contributed by atoms with van der Waals surface area (Å²) in [6.07, 6.45) is 6.61. The van der Waals surface area contributed by atoms with E-state index in [-0.39, 0.29) is 18.3 Å². The fraction of sp³-hybridized carbons (Fsp3) is 0.200. The van der Waals surface area contributed by atoms with Gasteiger partial charge in [0.05, 0.1) is 12.4 Å². The van der Waals surface area contributed by atoms with E-state index in [0.29, 0.717) is 17.9 Å². The van der Waals surface area contributed by atoms with E-state index in [2.05, 4.69) is 15.4 Å². The smallest absolute Gasteiger partial charge is 0.342 e. The quantitative estimate of drug-likeness (QED) is 0.733. The van der Waals surface area contributed by atoms with Crippen LogP contribution in [0, 0.1) is 5.82 Å². The zero-order chi connectivity index (χ0) is 20.4. The van der Waals surface area contributed by atoms with Crippen molar-refractivity contribution in [1.29, 1.82) is 0 Å². The second-order valence-electron chi connectivity index (χ2n) is 6.65. The maximum absolute atomic E-state index is 13.3. The summed E-state index contributed by atoms with van der Waals surface area (Å²) in [5, 5.41) is 6.68. The third-order valence-corrected chi connectivity index (χ3v) is 4.60. The zero-order valence-electron chi connectivity index (χ0n) is 15.6. The van der Waals surface area contributed by atoms with E-state index in [1.165, 1.54) is 29.4 Å². The Morgan fingerprint density at radius 1 is 1.31 bits per heavy atom. The molecule has 0 aliphatic carbocycles. The normalized spacial score (nSPS) is 16.0. The third kappa shape index (κ3) is 3.93. The molecule has 1 aromatic carbocycles. The fourth-order valence-corrected chi connectivity index (χ4v) is 3.11. The predicted molar refractivity (Wildman–Crippen MR) is 102 cm³/mol. The number of aromatic nitrogens is 3. The number of amides is 2. The van der Waals surface area contributed by atoms with Crippen LogP contribution in [-0.4, -0.2) is 46.4 Å². The molecular formula is C20H18FN5O3. The van der Waals surface area contributed by atoms with Crippen LogP contribution in [0.3, 0.4) is 0 Å². The van der Waals surface area contributed by atoms with Gasteiger partial charge in [-0.05, 0) is 23.3 Å². The molecule has 0 fully saturated rings. The van der Waals surface area contributed by atoms with Crippen LogP contribution in [-0.2, 0) is 11.2 Å². The van der Waals surface area contributed by atoms with E-state index in [1.807, 2.05) is 0 Å². The Hall–Kier alpha value is -3.75. The first kappa shape index (κ1) is 18.6. The van der Waals surface area contributed by atoms with Gasteiger partial charge in [0.15, 0.2) is 0 Å². The molecule has 1 N–H and O–H groups in total. The van der Waals surface area contributed by atoms with Crippen molar-refractivity contribution in [2.24, 2.45) is 0 Å². The molecule has 0 saturated carbocycles. The average molecular weight is 395 g/mol. The van der Waals surface area contributed by atoms with Crippen molar-refractivity contribution >= 4 is 17.6 Å². The minimum absolute atomic E-state index is 0.0106. The fourth-order valence-electron chi connectivity index (χ4n) is 3.11. The topological polar surface area (TPSA) is 89.4 Å². The molecule has 4 rings (SSSR count). The number of nitrogens with one attached hydrogen (secondary N) is 1. The molecule has 2 amide bonds. The molecule has 1 atom stereocenters. The van der Waals surface area contributed by atoms with E-state index in [4.69, 9.17) is 4.74 Å². The molecule has 0 unspecified atom stereocenters. The molecule has 29 heavy (non-hydrogen) atoms. The summed E-state index contributed by atoms with van der Waals surface area (Å²) in [7, 11) is 1.60. The van der Waals surface area contributed by atoms with Crippen molar-refractivity contribution in [3.8, 4) is 5.75 Å². The lowest BCUT2D eigenvalue weighted by Gasteiger charge is -2.19. The van der Waals surface area contributed by atoms with Crippen LogP contribution in [0.4, 0.5) is 14.9 Å². The lowest BCUT2D eigenvalue weighted by Crippen LogP contribution is -2.50. The number of fused-ring (bicyclic) bond motifs is 1. The second-order valence-corrected chi connectivity index (χ2v) is 6.65. The summed E-state index contributed by atoms with van der Waals surface area (Å²) in [4.78, 5) is 30.7. The Labute approximate surface area is 165 Å². The Kier molecular flexibility index (Phi) is 4.94. The van der Waals surface area contributed by atoms with E-state index < -0.39 is 12.1 Å². The van der Waals surface area contributed by atoms with Gasteiger partial charge in [0, 0.05) is 31.9 Å². The molecule has 0 bridgehead atoms. The van der Waals surface area contributed by atoms with Crippen LogP contribution in [0.25, 0.3) is 0 Å². The summed E-state index contributed by atoms with van der Waals surface area (Å²) in [6, 6.07) is 6.45.